The second-order valence-corrected chi connectivity index (χ2v) is 4.79. The van der Waals surface area contributed by atoms with Crippen molar-refractivity contribution >= 4 is 9.84 Å². The molecule has 0 spiro atoms. The predicted molar refractivity (Wildman–Crippen MR) is 45.4 cm³/mol. The number of aliphatic hydroxyl groups is 1. The summed E-state index contributed by atoms with van der Waals surface area (Å²) in [5, 5.41) is 8.63. The Bertz CT molecular complexity index is 454. The molecule has 0 saturated heterocycles. The highest BCUT2D eigenvalue weighted by molar-refractivity contribution is 7.90. The number of sulfone groups is 1. The summed E-state index contributed by atoms with van der Waals surface area (Å²) in [4.78, 5) is -0.735. The first-order valence-electron chi connectivity index (χ1n) is 3.65. The van der Waals surface area contributed by atoms with E-state index < -0.39 is 33.0 Å². The number of benzene rings is 1. The van der Waals surface area contributed by atoms with Gasteiger partial charge in [-0.15, -0.1) is 0 Å². The molecular weight excluding hydrogens is 214 g/mol. The van der Waals surface area contributed by atoms with E-state index in [1.54, 1.807) is 0 Å². The molecule has 1 N–H and O–H groups in total. The summed E-state index contributed by atoms with van der Waals surface area (Å²) < 4.78 is 48.0. The van der Waals surface area contributed by atoms with Gasteiger partial charge in [-0.2, -0.15) is 0 Å². The second-order valence-electron chi connectivity index (χ2n) is 2.81. The van der Waals surface area contributed by atoms with Crippen LogP contribution in [-0.2, 0) is 16.4 Å². The van der Waals surface area contributed by atoms with E-state index in [1.165, 1.54) is 0 Å². The van der Waals surface area contributed by atoms with E-state index in [4.69, 9.17) is 5.11 Å². The van der Waals surface area contributed by atoms with Gasteiger partial charge in [0, 0.05) is 11.8 Å². The summed E-state index contributed by atoms with van der Waals surface area (Å²) in [6.45, 7) is -0.744. The maximum Gasteiger partial charge on any atom is 0.178 e. The highest BCUT2D eigenvalue weighted by Gasteiger charge is 2.18. The molecule has 0 atom stereocenters. The van der Waals surface area contributed by atoms with Crippen LogP contribution in [0, 0.1) is 11.6 Å². The lowest BCUT2D eigenvalue weighted by molar-refractivity contribution is 0.273. The number of hydrogen-bond donors (Lipinski definition) is 1. The van der Waals surface area contributed by atoms with Crippen molar-refractivity contribution in [2.24, 2.45) is 0 Å². The summed E-state index contributed by atoms with van der Waals surface area (Å²) in [5.74, 6) is -1.99. The minimum absolute atomic E-state index is 0.370. The Labute approximate surface area is 79.9 Å². The van der Waals surface area contributed by atoms with Crippen LogP contribution in [0.1, 0.15) is 5.56 Å². The van der Waals surface area contributed by atoms with Gasteiger partial charge < -0.3 is 5.11 Å². The molecule has 0 aliphatic carbocycles. The fourth-order valence-corrected chi connectivity index (χ4v) is 1.79. The van der Waals surface area contributed by atoms with Crippen LogP contribution >= 0.6 is 0 Å². The van der Waals surface area contributed by atoms with Crippen molar-refractivity contribution in [1.29, 1.82) is 0 Å². The molecule has 0 radical (unpaired) electrons. The quantitative estimate of drug-likeness (QED) is 0.807. The minimum atomic E-state index is -3.81. The monoisotopic (exact) mass is 222 g/mol. The van der Waals surface area contributed by atoms with Crippen molar-refractivity contribution in [3.05, 3.63) is 29.3 Å². The number of hydrogen-bond acceptors (Lipinski definition) is 3. The fourth-order valence-electron chi connectivity index (χ4n) is 1.00. The average molecular weight is 222 g/mol. The van der Waals surface area contributed by atoms with Crippen LogP contribution in [0.25, 0.3) is 0 Å². The summed E-state index contributed by atoms with van der Waals surface area (Å²) in [6, 6.07) is 1.34. The standard InChI is InChI=1S/C8H8F2O3S/c1-14(12,13)7-3-6(9)2-5(4-11)8(7)10/h2-3,11H,4H2,1H3. The van der Waals surface area contributed by atoms with E-state index in [-0.39, 0.29) is 5.56 Å². The van der Waals surface area contributed by atoms with Crippen LogP contribution in [0.4, 0.5) is 8.78 Å². The van der Waals surface area contributed by atoms with Crippen molar-refractivity contribution in [3.63, 3.8) is 0 Å². The molecule has 0 amide bonds. The third-order valence-electron chi connectivity index (χ3n) is 1.65. The van der Waals surface area contributed by atoms with Crippen LogP contribution in [0.15, 0.2) is 17.0 Å². The Hall–Kier alpha value is -1.01. The molecule has 0 heterocycles. The Balaban J connectivity index is 3.53. The van der Waals surface area contributed by atoms with Gasteiger partial charge in [0.2, 0.25) is 0 Å². The van der Waals surface area contributed by atoms with E-state index in [1.807, 2.05) is 0 Å². The predicted octanol–water partition coefficient (Wildman–Crippen LogP) is 0.861. The van der Waals surface area contributed by atoms with Crippen molar-refractivity contribution < 1.29 is 22.3 Å². The maximum atomic E-state index is 13.2. The molecule has 1 aromatic carbocycles. The summed E-state index contributed by atoms with van der Waals surface area (Å²) in [7, 11) is -3.81. The molecule has 78 valence electrons. The van der Waals surface area contributed by atoms with Gasteiger partial charge >= 0.3 is 0 Å². The average Bonchev–Trinajstić information content (AvgIpc) is 2.06. The molecule has 0 aliphatic rings. The van der Waals surface area contributed by atoms with Gasteiger partial charge in [0.15, 0.2) is 9.84 Å². The number of rotatable bonds is 2. The molecular formula is C8H8F2O3S. The Morgan fingerprint density at radius 1 is 1.36 bits per heavy atom. The maximum absolute atomic E-state index is 13.2. The zero-order valence-electron chi connectivity index (χ0n) is 7.29. The summed E-state index contributed by atoms with van der Waals surface area (Å²) in [6.07, 6.45) is 0.770. The van der Waals surface area contributed by atoms with Gasteiger partial charge in [0.1, 0.15) is 16.5 Å². The van der Waals surface area contributed by atoms with Gasteiger partial charge in [-0.25, -0.2) is 17.2 Å². The third-order valence-corrected chi connectivity index (χ3v) is 2.75. The molecule has 0 aromatic heterocycles. The van der Waals surface area contributed by atoms with Crippen LogP contribution in [0.5, 0.6) is 0 Å². The van der Waals surface area contributed by atoms with Crippen molar-refractivity contribution in [1.82, 2.24) is 0 Å². The van der Waals surface area contributed by atoms with E-state index >= 15 is 0 Å². The Kier molecular flexibility index (Phi) is 2.86. The Morgan fingerprint density at radius 2 is 1.93 bits per heavy atom. The number of aliphatic hydroxyl groups excluding tert-OH is 1. The molecule has 6 heteroatoms. The van der Waals surface area contributed by atoms with E-state index in [0.29, 0.717) is 6.07 Å². The van der Waals surface area contributed by atoms with E-state index in [2.05, 4.69) is 0 Å². The van der Waals surface area contributed by atoms with E-state index in [9.17, 15) is 17.2 Å². The topological polar surface area (TPSA) is 54.4 Å². The largest absolute Gasteiger partial charge is 0.392 e. The lowest BCUT2D eigenvalue weighted by Crippen LogP contribution is -2.05. The highest BCUT2D eigenvalue weighted by atomic mass is 32.2. The van der Waals surface area contributed by atoms with Crippen molar-refractivity contribution in [2.45, 2.75) is 11.5 Å². The van der Waals surface area contributed by atoms with Crippen LogP contribution in [-0.4, -0.2) is 19.8 Å². The van der Waals surface area contributed by atoms with Gasteiger partial charge in [0.05, 0.1) is 6.61 Å². The summed E-state index contributed by atoms with van der Waals surface area (Å²) >= 11 is 0. The lowest BCUT2D eigenvalue weighted by atomic mass is 10.2. The summed E-state index contributed by atoms with van der Waals surface area (Å²) in [5.41, 5.74) is -0.370. The first kappa shape index (κ1) is 11.1. The first-order chi connectivity index (χ1) is 6.36. The minimum Gasteiger partial charge on any atom is -0.392 e. The molecule has 14 heavy (non-hydrogen) atoms. The highest BCUT2D eigenvalue weighted by Crippen LogP contribution is 2.20. The molecule has 0 fully saturated rings. The smallest absolute Gasteiger partial charge is 0.178 e. The SMILES string of the molecule is CS(=O)(=O)c1cc(F)cc(CO)c1F. The molecule has 1 rings (SSSR count). The normalized spacial score (nSPS) is 11.7. The van der Waals surface area contributed by atoms with Crippen molar-refractivity contribution in [3.8, 4) is 0 Å². The van der Waals surface area contributed by atoms with Gasteiger partial charge in [0.25, 0.3) is 0 Å². The first-order valence-corrected chi connectivity index (χ1v) is 5.54. The molecule has 0 saturated carbocycles. The van der Waals surface area contributed by atoms with Gasteiger partial charge in [-0.1, -0.05) is 0 Å². The zero-order valence-corrected chi connectivity index (χ0v) is 8.11. The lowest BCUT2D eigenvalue weighted by Gasteiger charge is -2.04. The molecule has 3 nitrogen and oxygen atoms in total. The fraction of sp³-hybridized carbons (Fsp3) is 0.250. The van der Waals surface area contributed by atoms with Crippen LogP contribution in [0.2, 0.25) is 0 Å². The molecule has 1 aromatic rings. The second kappa shape index (κ2) is 3.62. The number of halogens is 2. The molecule has 0 aliphatic heterocycles. The zero-order chi connectivity index (χ0) is 10.9. The van der Waals surface area contributed by atoms with Crippen LogP contribution < -0.4 is 0 Å². The molecule has 0 bridgehead atoms. The van der Waals surface area contributed by atoms with Crippen molar-refractivity contribution in [2.75, 3.05) is 6.26 Å². The van der Waals surface area contributed by atoms with E-state index in [0.717, 1.165) is 12.3 Å². The Morgan fingerprint density at radius 3 is 2.36 bits per heavy atom. The van der Waals surface area contributed by atoms with Gasteiger partial charge in [-0.3, -0.25) is 0 Å². The third kappa shape index (κ3) is 2.08. The molecule has 0 unspecified atom stereocenters. The van der Waals surface area contributed by atoms with Crippen LogP contribution in [0.3, 0.4) is 0 Å². The van der Waals surface area contributed by atoms with Gasteiger partial charge in [-0.05, 0) is 12.1 Å².